The number of esters is 1. The normalized spacial score (nSPS) is 19.4. The summed E-state index contributed by atoms with van der Waals surface area (Å²) in [7, 11) is 0. The van der Waals surface area contributed by atoms with Gasteiger partial charge < -0.3 is 10.1 Å². The Kier molecular flexibility index (Phi) is 10.5. The van der Waals surface area contributed by atoms with Gasteiger partial charge in [-0.1, -0.05) is 76.4 Å². The molecule has 236 valence electrons. The number of fused-ring (bicyclic) bond motifs is 1. The number of nitrogens with zero attached hydrogens (tertiary/aromatic N) is 2. The van der Waals surface area contributed by atoms with E-state index in [1.165, 1.54) is 11.1 Å². The van der Waals surface area contributed by atoms with Crippen LogP contribution in [0.3, 0.4) is 0 Å². The van der Waals surface area contributed by atoms with Crippen LogP contribution in [-0.2, 0) is 30.3 Å². The first-order valence-corrected chi connectivity index (χ1v) is 16.0. The van der Waals surface area contributed by atoms with Crippen LogP contribution in [0, 0.1) is 11.3 Å². The second-order valence-electron chi connectivity index (χ2n) is 14.2. The molecule has 0 aromatic heterocycles. The summed E-state index contributed by atoms with van der Waals surface area (Å²) < 4.78 is 6.73. The maximum atomic E-state index is 14.1. The number of rotatable bonds is 9. The summed E-state index contributed by atoms with van der Waals surface area (Å²) >= 11 is 0. The second kappa shape index (κ2) is 14.0. The predicted octanol–water partition coefficient (Wildman–Crippen LogP) is 7.31. The standard InChI is InChI=1S/C36H47N3O5/c1-35(2,3)30(40)22-29-27-17-10-11-18-28(27)33(25-14-8-7-9-15-25)38-39(34(29)43)23-31(41)37-26-16-12-13-24(21-26)19-20-32(42)44-36(4,5)6/h10-13,16-18,21,25,29,33H,7-9,14-15,19-20,22-23H2,1-6H3/p+1. The van der Waals surface area contributed by atoms with Gasteiger partial charge in [-0.3, -0.25) is 14.4 Å². The van der Waals surface area contributed by atoms with Crippen LogP contribution in [0.2, 0.25) is 0 Å². The minimum absolute atomic E-state index is 0.00522. The van der Waals surface area contributed by atoms with E-state index in [0.29, 0.717) is 12.1 Å². The number of azo groups is 2. The number of hydrogen-bond donors (Lipinski definition) is 1. The smallest absolute Gasteiger partial charge is 0.419 e. The Morgan fingerprint density at radius 3 is 2.27 bits per heavy atom. The van der Waals surface area contributed by atoms with Crippen molar-refractivity contribution in [1.82, 2.24) is 0 Å². The molecule has 0 spiro atoms. The molecule has 8 nitrogen and oxygen atoms in total. The van der Waals surface area contributed by atoms with Crippen LogP contribution in [-0.4, -0.2) is 40.4 Å². The van der Waals surface area contributed by atoms with Crippen LogP contribution in [0.4, 0.5) is 5.69 Å². The molecular weight excluding hydrogens is 554 g/mol. The zero-order valence-corrected chi connectivity index (χ0v) is 27.2. The molecule has 4 rings (SSSR count). The molecule has 2 unspecified atom stereocenters. The molecule has 0 bridgehead atoms. The van der Waals surface area contributed by atoms with E-state index in [1.54, 1.807) is 6.07 Å². The molecule has 2 atom stereocenters. The average Bonchev–Trinajstić information content (AvgIpc) is 3.06. The van der Waals surface area contributed by atoms with Crippen LogP contribution in [0.15, 0.2) is 53.6 Å². The van der Waals surface area contributed by atoms with Gasteiger partial charge >= 0.3 is 11.9 Å². The summed E-state index contributed by atoms with van der Waals surface area (Å²) in [4.78, 5) is 53.0. The predicted molar refractivity (Wildman–Crippen MR) is 169 cm³/mol. The van der Waals surface area contributed by atoms with Crippen molar-refractivity contribution < 1.29 is 28.6 Å². The minimum Gasteiger partial charge on any atom is -0.460 e. The molecule has 1 aliphatic carbocycles. The first kappa shape index (κ1) is 33.2. The number of nitrogens with one attached hydrogen (secondary N) is 1. The molecule has 2 amide bonds. The SMILES string of the molecule is CC(C)(C)OC(=O)CCc1cccc(NC(=O)C[N+]2=NC(C3CCCCC3)c3ccccc3C(CC(=O)C(C)(C)C)C2=O)c1. The number of carbonyl (C=O) groups is 4. The summed E-state index contributed by atoms with van der Waals surface area (Å²) in [6.45, 7) is 10.9. The third-order valence-electron chi connectivity index (χ3n) is 8.37. The summed E-state index contributed by atoms with van der Waals surface area (Å²) in [5.74, 6) is -1.42. The van der Waals surface area contributed by atoms with Gasteiger partial charge in [0, 0.05) is 23.9 Å². The minimum atomic E-state index is -0.709. The fraction of sp³-hybridized carbons (Fsp3) is 0.556. The summed E-state index contributed by atoms with van der Waals surface area (Å²) in [5, 5.41) is 7.89. The van der Waals surface area contributed by atoms with E-state index in [9.17, 15) is 19.2 Å². The van der Waals surface area contributed by atoms with Crippen molar-refractivity contribution in [2.75, 3.05) is 11.9 Å². The molecule has 2 aromatic carbocycles. The van der Waals surface area contributed by atoms with Gasteiger partial charge in [0.15, 0.2) is 0 Å². The van der Waals surface area contributed by atoms with Crippen molar-refractivity contribution in [1.29, 1.82) is 0 Å². The highest BCUT2D eigenvalue weighted by Crippen LogP contribution is 2.43. The van der Waals surface area contributed by atoms with Crippen LogP contribution < -0.4 is 5.32 Å². The number of ketones is 1. The Morgan fingerprint density at radius 1 is 0.932 bits per heavy atom. The molecule has 0 saturated heterocycles. The van der Waals surface area contributed by atoms with Gasteiger partial charge in [0.1, 0.15) is 23.3 Å². The van der Waals surface area contributed by atoms with Gasteiger partial charge in [-0.15, -0.1) is 0 Å². The molecule has 1 N–H and O–H groups in total. The van der Waals surface area contributed by atoms with Gasteiger partial charge in [-0.05, 0) is 84.6 Å². The van der Waals surface area contributed by atoms with Crippen molar-refractivity contribution in [2.24, 2.45) is 16.4 Å². The topological polar surface area (TPSA) is 105 Å². The Morgan fingerprint density at radius 2 is 1.61 bits per heavy atom. The highest BCUT2D eigenvalue weighted by molar-refractivity contribution is 5.94. The van der Waals surface area contributed by atoms with Crippen molar-refractivity contribution >= 4 is 29.3 Å². The highest BCUT2D eigenvalue weighted by atomic mass is 16.6. The lowest BCUT2D eigenvalue weighted by Crippen LogP contribution is -2.34. The van der Waals surface area contributed by atoms with Crippen LogP contribution in [0.1, 0.15) is 115 Å². The Bertz CT molecular complexity index is 1410. The third kappa shape index (κ3) is 8.93. The van der Waals surface area contributed by atoms with E-state index in [4.69, 9.17) is 9.85 Å². The molecule has 2 aromatic rings. The fourth-order valence-corrected chi connectivity index (χ4v) is 6.07. The van der Waals surface area contributed by atoms with Crippen molar-refractivity contribution in [2.45, 2.75) is 110 Å². The number of hydrogen-bond acceptors (Lipinski definition) is 6. The molecule has 1 saturated carbocycles. The van der Waals surface area contributed by atoms with E-state index >= 15 is 0 Å². The molecule has 2 aliphatic rings. The third-order valence-corrected chi connectivity index (χ3v) is 8.37. The molecule has 8 heteroatoms. The Labute approximate surface area is 261 Å². The maximum absolute atomic E-state index is 14.1. The monoisotopic (exact) mass is 602 g/mol. The maximum Gasteiger partial charge on any atom is 0.419 e. The van der Waals surface area contributed by atoms with E-state index in [-0.39, 0.29) is 54.9 Å². The quantitative estimate of drug-likeness (QED) is 0.239. The number of ether oxygens (including phenoxy) is 1. The Balaban J connectivity index is 1.57. The van der Waals surface area contributed by atoms with E-state index in [1.807, 2.05) is 84.0 Å². The van der Waals surface area contributed by atoms with Crippen LogP contribution in [0.5, 0.6) is 0 Å². The molecule has 0 radical (unpaired) electrons. The summed E-state index contributed by atoms with van der Waals surface area (Å²) in [6, 6.07) is 14.9. The zero-order chi connectivity index (χ0) is 32.1. The molecule has 1 heterocycles. The lowest BCUT2D eigenvalue weighted by Gasteiger charge is -2.26. The van der Waals surface area contributed by atoms with E-state index < -0.39 is 16.9 Å². The van der Waals surface area contributed by atoms with Gasteiger partial charge in [0.25, 0.3) is 12.5 Å². The Hall–Kier alpha value is -3.68. The van der Waals surface area contributed by atoms with E-state index in [2.05, 4.69) is 5.32 Å². The van der Waals surface area contributed by atoms with Crippen molar-refractivity contribution in [3.8, 4) is 0 Å². The number of Topliss-reactive ketones (excluding diaryl/α,β-unsaturated/α-hetero) is 1. The number of anilines is 1. The first-order chi connectivity index (χ1) is 20.7. The lowest BCUT2D eigenvalue weighted by molar-refractivity contribution is -0.509. The zero-order valence-electron chi connectivity index (χ0n) is 27.2. The number of carbonyl (C=O) groups excluding carboxylic acids is 4. The van der Waals surface area contributed by atoms with Crippen LogP contribution >= 0.6 is 0 Å². The summed E-state index contributed by atoms with van der Waals surface area (Å²) in [5.41, 5.74) is 2.15. The number of aryl methyl sites for hydroxylation is 1. The first-order valence-electron chi connectivity index (χ1n) is 16.0. The second-order valence-corrected chi connectivity index (χ2v) is 14.2. The molecule has 1 fully saturated rings. The largest absolute Gasteiger partial charge is 0.460 e. The van der Waals surface area contributed by atoms with Crippen molar-refractivity contribution in [3.63, 3.8) is 0 Å². The van der Waals surface area contributed by atoms with E-state index in [0.717, 1.165) is 42.4 Å². The van der Waals surface area contributed by atoms with Gasteiger partial charge in [-0.2, -0.15) is 0 Å². The molecule has 44 heavy (non-hydrogen) atoms. The van der Waals surface area contributed by atoms with Gasteiger partial charge in [-0.25, -0.2) is 4.79 Å². The number of benzene rings is 2. The highest BCUT2D eigenvalue weighted by Gasteiger charge is 2.44. The lowest BCUT2D eigenvalue weighted by atomic mass is 9.77. The average molecular weight is 603 g/mol. The van der Waals surface area contributed by atoms with Crippen LogP contribution in [0.25, 0.3) is 0 Å². The number of amides is 2. The molecule has 1 aliphatic heterocycles. The van der Waals surface area contributed by atoms with Crippen molar-refractivity contribution in [3.05, 3.63) is 65.2 Å². The van der Waals surface area contributed by atoms with Gasteiger partial charge in [0.05, 0.1) is 0 Å². The molecular formula is C36H48N3O5+. The summed E-state index contributed by atoms with van der Waals surface area (Å²) in [6.07, 6.45) is 6.21. The fourth-order valence-electron chi connectivity index (χ4n) is 6.07. The van der Waals surface area contributed by atoms with Gasteiger partial charge in [0.2, 0.25) is 0 Å².